The van der Waals surface area contributed by atoms with Crippen LogP contribution in [-0.4, -0.2) is 32.8 Å². The number of halogens is 1. The van der Waals surface area contributed by atoms with Crippen molar-refractivity contribution in [3.63, 3.8) is 0 Å². The second-order valence-corrected chi connectivity index (χ2v) is 8.30. The van der Waals surface area contributed by atoms with Crippen LogP contribution in [-0.2, 0) is 4.74 Å². The minimum Gasteiger partial charge on any atom is -0.496 e. The number of hydrogen-bond donors (Lipinski definition) is 0. The van der Waals surface area contributed by atoms with E-state index in [4.69, 9.17) is 19.2 Å². The van der Waals surface area contributed by atoms with E-state index in [1.54, 1.807) is 14.2 Å². The Kier molecular flexibility index (Phi) is 5.51. The number of benzene rings is 1. The highest BCUT2D eigenvalue weighted by Gasteiger charge is 2.47. The highest BCUT2D eigenvalue weighted by Crippen LogP contribution is 2.53. The second kappa shape index (κ2) is 7.33. The maximum atomic E-state index is 5.99. The predicted molar refractivity (Wildman–Crippen MR) is 108 cm³/mol. The van der Waals surface area contributed by atoms with Gasteiger partial charge in [-0.3, -0.25) is 0 Å². The van der Waals surface area contributed by atoms with Gasteiger partial charge in [0.15, 0.2) is 5.90 Å². The molecule has 5 radical (unpaired) electrons. The molecule has 0 unspecified atom stereocenters. The molecule has 3 rings (SSSR count). The number of methoxy groups -OCH3 is 2. The minimum atomic E-state index is 0.0715. The summed E-state index contributed by atoms with van der Waals surface area (Å²) in [6.07, 6.45) is 4.15. The number of nitrogens with zero attached hydrogens (tertiary/aromatic N) is 1. The Bertz CT molecular complexity index is 631. The predicted octanol–water partition coefficient (Wildman–Crippen LogP) is 4.43. The van der Waals surface area contributed by atoms with Gasteiger partial charge in [0.1, 0.15) is 18.1 Å². The van der Waals surface area contributed by atoms with E-state index in [1.807, 2.05) is 18.2 Å². The summed E-state index contributed by atoms with van der Waals surface area (Å²) in [6, 6.07) is 5.96. The van der Waals surface area contributed by atoms with E-state index in [0.717, 1.165) is 32.8 Å². The van der Waals surface area contributed by atoms with Crippen molar-refractivity contribution in [1.82, 2.24) is 0 Å². The van der Waals surface area contributed by atoms with Crippen molar-refractivity contribution >= 4 is 28.5 Å². The topological polar surface area (TPSA) is 40.0 Å². The Labute approximate surface area is 164 Å². The van der Waals surface area contributed by atoms with Gasteiger partial charge in [-0.15, -0.1) is 0 Å². The Morgan fingerprint density at radius 3 is 2.28 bits per heavy atom. The largest absolute Gasteiger partial charge is 0.496 e. The third kappa shape index (κ3) is 3.62. The van der Waals surface area contributed by atoms with E-state index >= 15 is 0 Å². The standard InChI is InChI=1S/C20H23INO3/c1-20(2,3)16-11-25-19(22-16)17-12(9-10-13(17)21)18-14(23-4)7-6-8-15(18)24-5/h6-10,16H,11H2,1-5H3/t16-/m1/s1. The summed E-state index contributed by atoms with van der Waals surface area (Å²) in [6.45, 7) is 7.18. The average Bonchev–Trinajstić information content (AvgIpc) is 3.20. The second-order valence-electron chi connectivity index (χ2n) is 7.13. The molecule has 25 heavy (non-hydrogen) atoms. The summed E-state index contributed by atoms with van der Waals surface area (Å²) < 4.78 is 18.3. The molecule has 1 aliphatic heterocycles. The van der Waals surface area contributed by atoms with E-state index in [1.165, 1.54) is 0 Å². The molecule has 1 fully saturated rings. The van der Waals surface area contributed by atoms with Gasteiger partial charge in [-0.25, -0.2) is 4.99 Å². The van der Waals surface area contributed by atoms with Crippen molar-refractivity contribution in [2.45, 2.75) is 26.8 Å². The summed E-state index contributed by atoms with van der Waals surface area (Å²) in [5.74, 6) is 4.28. The van der Waals surface area contributed by atoms with Crippen LogP contribution in [0.5, 0.6) is 11.5 Å². The van der Waals surface area contributed by atoms with Gasteiger partial charge in [-0.05, 0) is 30.4 Å². The third-order valence-corrected chi connectivity index (χ3v) is 5.37. The zero-order valence-corrected chi connectivity index (χ0v) is 17.4. The van der Waals surface area contributed by atoms with Gasteiger partial charge in [-0.2, -0.15) is 0 Å². The first-order chi connectivity index (χ1) is 11.9. The first-order valence-corrected chi connectivity index (χ1v) is 9.32. The van der Waals surface area contributed by atoms with Crippen LogP contribution in [0.25, 0.3) is 0 Å². The van der Waals surface area contributed by atoms with E-state index < -0.39 is 0 Å². The average molecular weight is 452 g/mol. The lowest BCUT2D eigenvalue weighted by Gasteiger charge is -2.23. The van der Waals surface area contributed by atoms with Crippen LogP contribution in [0.15, 0.2) is 23.2 Å². The van der Waals surface area contributed by atoms with Crippen LogP contribution in [0.1, 0.15) is 26.3 Å². The zero-order chi connectivity index (χ0) is 18.2. The maximum Gasteiger partial charge on any atom is 0.193 e. The fourth-order valence-electron chi connectivity index (χ4n) is 2.95. The summed E-state index contributed by atoms with van der Waals surface area (Å²) in [5, 5.41) is 0. The van der Waals surface area contributed by atoms with E-state index in [-0.39, 0.29) is 11.5 Å². The van der Waals surface area contributed by atoms with Crippen LogP contribution in [0, 0.1) is 34.0 Å². The molecule has 0 aromatic heterocycles. The SMILES string of the molecule is COc1cccc(OC)c1[C]1[CH][CH][C](I)[C]1C1=N[C@@H](C(C)(C)C)CO1. The van der Waals surface area contributed by atoms with Crippen molar-refractivity contribution in [1.29, 1.82) is 0 Å². The van der Waals surface area contributed by atoms with Gasteiger partial charge in [0.2, 0.25) is 0 Å². The first-order valence-electron chi connectivity index (χ1n) is 8.24. The first kappa shape index (κ1) is 18.8. The Balaban J connectivity index is 1.98. The van der Waals surface area contributed by atoms with Crippen molar-refractivity contribution in [3.8, 4) is 11.5 Å². The summed E-state index contributed by atoms with van der Waals surface area (Å²) in [5.41, 5.74) is 0.998. The molecule has 5 heteroatoms. The van der Waals surface area contributed by atoms with Crippen molar-refractivity contribution in [2.75, 3.05) is 20.8 Å². The molecule has 0 amide bonds. The molecule has 1 aromatic carbocycles. The van der Waals surface area contributed by atoms with Crippen LogP contribution >= 0.6 is 22.6 Å². The molecule has 0 spiro atoms. The third-order valence-electron chi connectivity index (χ3n) is 4.47. The summed E-state index contributed by atoms with van der Waals surface area (Å²) in [7, 11) is 3.34. The van der Waals surface area contributed by atoms with Crippen LogP contribution in [0.2, 0.25) is 0 Å². The molecule has 1 saturated carbocycles. The Morgan fingerprint density at radius 2 is 1.76 bits per heavy atom. The molecule has 1 aliphatic carbocycles. The highest BCUT2D eigenvalue weighted by molar-refractivity contribution is 14.1. The lowest BCUT2D eigenvalue weighted by Crippen LogP contribution is -2.25. The van der Waals surface area contributed by atoms with E-state index in [0.29, 0.717) is 12.5 Å². The van der Waals surface area contributed by atoms with Gasteiger partial charge in [0.25, 0.3) is 0 Å². The molecule has 0 N–H and O–H groups in total. The van der Waals surface area contributed by atoms with Crippen LogP contribution in [0.3, 0.4) is 0 Å². The molecule has 1 aromatic rings. The molecule has 1 atom stereocenters. The fraction of sp³-hybridized carbons (Fsp3) is 0.400. The normalized spacial score (nSPS) is 22.8. The van der Waals surface area contributed by atoms with Gasteiger partial charge < -0.3 is 14.2 Å². The molecule has 2 aliphatic rings. The maximum absolute atomic E-state index is 5.99. The molecule has 4 nitrogen and oxygen atoms in total. The van der Waals surface area contributed by atoms with Gasteiger partial charge in [-0.1, -0.05) is 49.4 Å². The summed E-state index contributed by atoms with van der Waals surface area (Å²) in [4.78, 5) is 4.87. The Hall–Kier alpha value is -0.980. The number of hydrogen-bond acceptors (Lipinski definition) is 4. The fourth-order valence-corrected chi connectivity index (χ4v) is 3.65. The van der Waals surface area contributed by atoms with E-state index in [2.05, 4.69) is 56.2 Å². The van der Waals surface area contributed by atoms with Crippen molar-refractivity contribution in [2.24, 2.45) is 10.4 Å². The molecule has 133 valence electrons. The zero-order valence-electron chi connectivity index (χ0n) is 15.2. The minimum absolute atomic E-state index is 0.0715. The molecule has 1 heterocycles. The van der Waals surface area contributed by atoms with Crippen LogP contribution in [0.4, 0.5) is 0 Å². The number of aliphatic imine (C=N–C) groups is 1. The van der Waals surface area contributed by atoms with Gasteiger partial charge in [0, 0.05) is 11.5 Å². The quantitative estimate of drug-likeness (QED) is 0.635. The van der Waals surface area contributed by atoms with E-state index in [9.17, 15) is 0 Å². The van der Waals surface area contributed by atoms with Gasteiger partial charge in [0.05, 0.1) is 30.1 Å². The lowest BCUT2D eigenvalue weighted by atomic mass is 9.86. The monoisotopic (exact) mass is 452 g/mol. The molecule has 0 bridgehead atoms. The molecular weight excluding hydrogens is 429 g/mol. The molecular formula is C20H23INO3. The summed E-state index contributed by atoms with van der Waals surface area (Å²) >= 11 is 2.33. The highest BCUT2D eigenvalue weighted by atomic mass is 127. The number of ether oxygens (including phenoxy) is 3. The van der Waals surface area contributed by atoms with Gasteiger partial charge >= 0.3 is 0 Å². The van der Waals surface area contributed by atoms with Crippen molar-refractivity contribution in [3.05, 3.63) is 52.4 Å². The Morgan fingerprint density at radius 1 is 1.12 bits per heavy atom. The smallest absolute Gasteiger partial charge is 0.193 e. The number of rotatable bonds is 4. The molecule has 0 saturated heterocycles. The van der Waals surface area contributed by atoms with Crippen LogP contribution < -0.4 is 9.47 Å². The lowest BCUT2D eigenvalue weighted by molar-refractivity contribution is 0.234. The van der Waals surface area contributed by atoms with Crippen molar-refractivity contribution < 1.29 is 14.2 Å².